The normalized spacial score (nSPS) is 18.5. The topological polar surface area (TPSA) is 93.6 Å². The summed E-state index contributed by atoms with van der Waals surface area (Å²) in [5.41, 5.74) is 5.98. The number of unbranched alkanes of at least 4 members (excludes halogenated alkanes) is 9. The highest BCUT2D eigenvalue weighted by Crippen LogP contribution is 2.50. The van der Waals surface area contributed by atoms with Gasteiger partial charge in [0, 0.05) is 47.5 Å². The largest absolute Gasteiger partial charge is 0.506 e. The average Bonchev–Trinajstić information content (AvgIpc) is 3.55. The number of hydrogen-bond acceptors (Lipinski definition) is 6. The van der Waals surface area contributed by atoms with Crippen molar-refractivity contribution in [1.29, 1.82) is 5.26 Å². The molecule has 2 heterocycles. The van der Waals surface area contributed by atoms with Gasteiger partial charge in [-0.1, -0.05) is 102 Å². The predicted molar refractivity (Wildman–Crippen MR) is 241 cm³/mol. The number of ketones is 1. The van der Waals surface area contributed by atoms with E-state index < -0.39 is 22.4 Å². The van der Waals surface area contributed by atoms with E-state index in [1.165, 1.54) is 73.4 Å². The molecule has 0 atom stereocenters. The van der Waals surface area contributed by atoms with E-state index in [1.807, 2.05) is 36.4 Å². The van der Waals surface area contributed by atoms with Crippen molar-refractivity contribution in [3.8, 4) is 6.07 Å². The van der Waals surface area contributed by atoms with Gasteiger partial charge in [-0.15, -0.1) is 0 Å². The van der Waals surface area contributed by atoms with Crippen LogP contribution in [-0.2, 0) is 25.2 Å². The maximum atomic E-state index is 14.2. The Bertz CT molecular complexity index is 2340. The lowest BCUT2D eigenvalue weighted by molar-refractivity contribution is -0.438. The minimum absolute atomic E-state index is 0.0213. The zero-order valence-electron chi connectivity index (χ0n) is 36.9. The number of carbonyl (C=O) groups is 2. The Labute approximate surface area is 352 Å². The van der Waals surface area contributed by atoms with E-state index in [-0.39, 0.29) is 17.1 Å². The molecule has 1 N–H and O–H groups in total. The Morgan fingerprint density at radius 1 is 0.881 bits per heavy atom. The number of esters is 1. The first-order valence-corrected chi connectivity index (χ1v) is 21.9. The zero-order chi connectivity index (χ0) is 42.7. The second-order valence-electron chi connectivity index (χ2n) is 18.5. The van der Waals surface area contributed by atoms with Crippen LogP contribution in [0.3, 0.4) is 0 Å². The molecule has 3 aromatic rings. The third-order valence-corrected chi connectivity index (χ3v) is 12.3. The van der Waals surface area contributed by atoms with Crippen molar-refractivity contribution in [3.63, 3.8) is 0 Å². The molecule has 7 nitrogen and oxygen atoms in total. The number of hydrogen-bond donors (Lipinski definition) is 1. The lowest BCUT2D eigenvalue weighted by Gasteiger charge is -2.28. The van der Waals surface area contributed by atoms with Crippen LogP contribution in [-0.4, -0.2) is 45.8 Å². The Kier molecular flexibility index (Phi) is 12.9. The van der Waals surface area contributed by atoms with Gasteiger partial charge in [0.2, 0.25) is 11.5 Å². The molecule has 0 fully saturated rings. The molecule has 0 radical (unpaired) electrons. The number of aliphatic hydroxyl groups excluding tert-OH is 1. The lowest BCUT2D eigenvalue weighted by atomic mass is 9.76. The minimum atomic E-state index is -0.722. The van der Waals surface area contributed by atoms with Crippen molar-refractivity contribution < 1.29 is 24.0 Å². The van der Waals surface area contributed by atoms with Gasteiger partial charge in [0.05, 0.1) is 16.6 Å². The summed E-state index contributed by atoms with van der Waals surface area (Å²) >= 11 is 0. The van der Waals surface area contributed by atoms with Crippen LogP contribution in [0.2, 0.25) is 0 Å². The fraction of sp³-hybridized carbons (Fsp3) is 0.462. The third-order valence-electron chi connectivity index (χ3n) is 12.3. The number of fused-ring (bicyclic) bond motifs is 4. The smallest absolute Gasteiger partial charge is 0.349 e. The molecule has 59 heavy (non-hydrogen) atoms. The summed E-state index contributed by atoms with van der Waals surface area (Å²) in [5.74, 6) is -0.808. The Hall–Kier alpha value is -5.22. The maximum Gasteiger partial charge on any atom is 0.349 e. The van der Waals surface area contributed by atoms with Gasteiger partial charge in [-0.2, -0.15) is 9.84 Å². The SMILES string of the molecule is CCCCCCCCCCCC[N+]1=C(/C=C2/C(=O)C(/C=C3/N(CC)c4ccc(/C=C(\C#N)C(=O)OC(C)(C)C)cc4C3(C)C)=C2O)C(C)(C)c2c1ccc1ccccc21. The van der Waals surface area contributed by atoms with Gasteiger partial charge >= 0.3 is 5.97 Å². The van der Waals surface area contributed by atoms with Crippen molar-refractivity contribution in [2.24, 2.45) is 0 Å². The first-order valence-electron chi connectivity index (χ1n) is 21.9. The molecule has 7 heteroatoms. The Balaban J connectivity index is 1.30. The zero-order valence-corrected chi connectivity index (χ0v) is 36.9. The number of benzene rings is 3. The molecule has 0 saturated heterocycles. The number of carbonyl (C=O) groups excluding carboxylic acids is 2. The van der Waals surface area contributed by atoms with Crippen LogP contribution >= 0.6 is 0 Å². The van der Waals surface area contributed by atoms with Crippen molar-refractivity contribution in [2.45, 2.75) is 143 Å². The van der Waals surface area contributed by atoms with Crippen molar-refractivity contribution in [3.05, 3.63) is 112 Å². The highest BCUT2D eigenvalue weighted by molar-refractivity contribution is 6.24. The quantitative estimate of drug-likeness (QED) is 0.0510. The molecule has 0 aromatic heterocycles. The number of nitrogens with zero attached hydrogens (tertiary/aromatic N) is 3. The fourth-order valence-electron chi connectivity index (χ4n) is 9.20. The van der Waals surface area contributed by atoms with Crippen LogP contribution in [0.15, 0.2) is 94.9 Å². The number of likely N-dealkylation sites (N-methyl/N-ethyl adjacent to an activating group) is 1. The van der Waals surface area contributed by atoms with Crippen LogP contribution < -0.4 is 4.90 Å². The number of allylic oxidation sites excluding steroid dienone is 5. The van der Waals surface area contributed by atoms with Crippen LogP contribution in [0.1, 0.15) is 143 Å². The number of Topliss-reactive ketones (excluding diaryl/α,β-unsaturated/α-hetero) is 1. The van der Waals surface area contributed by atoms with Crippen LogP contribution in [0.4, 0.5) is 11.4 Å². The number of aliphatic hydroxyl groups is 1. The highest BCUT2D eigenvalue weighted by atomic mass is 16.6. The van der Waals surface area contributed by atoms with Crippen molar-refractivity contribution in [2.75, 3.05) is 18.0 Å². The molecule has 0 saturated carbocycles. The number of anilines is 1. The molecule has 0 bridgehead atoms. The number of rotatable bonds is 16. The molecule has 1 aliphatic carbocycles. The first-order chi connectivity index (χ1) is 28.0. The van der Waals surface area contributed by atoms with Gasteiger partial charge in [0.25, 0.3) is 0 Å². The lowest BCUT2D eigenvalue weighted by Crippen LogP contribution is -2.32. The molecule has 0 amide bonds. The van der Waals surface area contributed by atoms with Crippen molar-refractivity contribution in [1.82, 2.24) is 0 Å². The monoisotopic (exact) mass is 794 g/mol. The third kappa shape index (κ3) is 8.74. The van der Waals surface area contributed by atoms with E-state index in [1.54, 1.807) is 26.8 Å². The van der Waals surface area contributed by atoms with Gasteiger partial charge in [-0.25, -0.2) is 4.79 Å². The Morgan fingerprint density at radius 3 is 2.17 bits per heavy atom. The second-order valence-corrected chi connectivity index (χ2v) is 18.5. The average molecular weight is 795 g/mol. The molecular formula is C52H64N3O4+. The van der Waals surface area contributed by atoms with E-state index in [0.717, 1.165) is 42.0 Å². The van der Waals surface area contributed by atoms with Crippen LogP contribution in [0.25, 0.3) is 16.8 Å². The summed E-state index contributed by atoms with van der Waals surface area (Å²) in [6, 6.07) is 20.8. The van der Waals surface area contributed by atoms with Crippen LogP contribution in [0, 0.1) is 11.3 Å². The molecule has 6 rings (SSSR count). The van der Waals surface area contributed by atoms with Gasteiger partial charge in [-0.3, -0.25) is 4.79 Å². The molecule has 0 unspecified atom stereocenters. The summed E-state index contributed by atoms with van der Waals surface area (Å²) < 4.78 is 7.86. The summed E-state index contributed by atoms with van der Waals surface area (Å²) in [7, 11) is 0. The summed E-state index contributed by atoms with van der Waals surface area (Å²) in [4.78, 5) is 29.1. The van der Waals surface area contributed by atoms with E-state index in [4.69, 9.17) is 4.74 Å². The van der Waals surface area contributed by atoms with Crippen LogP contribution in [0.5, 0.6) is 0 Å². The summed E-state index contributed by atoms with van der Waals surface area (Å²) in [6.45, 7) is 19.8. The molecule has 0 spiro atoms. The molecular weight excluding hydrogens is 731 g/mol. The predicted octanol–water partition coefficient (Wildman–Crippen LogP) is 12.4. The fourth-order valence-corrected chi connectivity index (χ4v) is 9.20. The first kappa shape index (κ1) is 43.4. The number of nitriles is 1. The van der Waals surface area contributed by atoms with Gasteiger partial charge < -0.3 is 14.7 Å². The number of ether oxygens (including phenoxy) is 1. The second kappa shape index (κ2) is 17.6. The summed E-state index contributed by atoms with van der Waals surface area (Å²) in [6.07, 6.45) is 18.0. The Morgan fingerprint density at radius 2 is 1.54 bits per heavy atom. The maximum absolute atomic E-state index is 14.2. The van der Waals surface area contributed by atoms with Gasteiger partial charge in [-0.05, 0) is 100 Å². The van der Waals surface area contributed by atoms with Crippen molar-refractivity contribution >= 4 is 45.7 Å². The van der Waals surface area contributed by atoms with Gasteiger partial charge in [0.15, 0.2) is 5.71 Å². The summed E-state index contributed by atoms with van der Waals surface area (Å²) in [5, 5.41) is 23.9. The standard InChI is InChI=1S/C52H63N3O4/c1-10-12-13-14-15-16-17-18-19-22-29-55-43-28-26-36-23-20-21-24-38(36)46(43)52(8,9)45(55)33-40-47(56)39(48(40)57)32-44-51(6,7)41-31-35(25-27-42(41)54(44)11-2)30-37(34-53)49(58)59-50(3,4)5/h20-21,23-28,30-33H,10-19,22,29H2,1-9H3/p+1/b37-30+. The molecule has 3 aromatic carbocycles. The van der Waals surface area contributed by atoms with E-state index >= 15 is 0 Å². The minimum Gasteiger partial charge on any atom is -0.506 e. The highest BCUT2D eigenvalue weighted by Gasteiger charge is 2.48. The van der Waals surface area contributed by atoms with E-state index in [9.17, 15) is 20.0 Å². The molecule has 310 valence electrons. The molecule has 3 aliphatic rings. The van der Waals surface area contributed by atoms with E-state index in [2.05, 4.69) is 87.4 Å². The molecule has 2 aliphatic heterocycles. The van der Waals surface area contributed by atoms with Gasteiger partial charge in [0.1, 0.15) is 29.5 Å². The van der Waals surface area contributed by atoms with E-state index in [0.29, 0.717) is 23.3 Å².